The molecule has 0 spiro atoms. The van der Waals surface area contributed by atoms with E-state index in [4.69, 9.17) is 9.47 Å². The summed E-state index contributed by atoms with van der Waals surface area (Å²) in [6.45, 7) is 1.87. The van der Waals surface area contributed by atoms with Gasteiger partial charge in [-0.15, -0.1) is 13.2 Å². The molecule has 9 heteroatoms. The van der Waals surface area contributed by atoms with Crippen molar-refractivity contribution >= 4 is 23.6 Å². The second kappa shape index (κ2) is 10.2. The van der Waals surface area contributed by atoms with Gasteiger partial charge in [0.15, 0.2) is 6.61 Å². The Labute approximate surface area is 164 Å². The van der Waals surface area contributed by atoms with Gasteiger partial charge >= 0.3 is 12.3 Å². The third-order valence-corrected chi connectivity index (χ3v) is 3.32. The zero-order valence-corrected chi connectivity index (χ0v) is 15.4. The highest BCUT2D eigenvalue weighted by molar-refractivity contribution is 5.94. The van der Waals surface area contributed by atoms with E-state index >= 15 is 0 Å². The summed E-state index contributed by atoms with van der Waals surface area (Å²) in [5, 5.41) is 2.39. The Balaban J connectivity index is 1.77. The van der Waals surface area contributed by atoms with Gasteiger partial charge in [-0.3, -0.25) is 4.79 Å². The number of hydrogen-bond acceptors (Lipinski definition) is 5. The quantitative estimate of drug-likeness (QED) is 0.523. The molecule has 154 valence electrons. The number of ether oxygens (including phenoxy) is 3. The first-order valence-corrected chi connectivity index (χ1v) is 8.48. The molecule has 0 aromatic heterocycles. The SMILES string of the molecule is CCOc1ccc(/C=C/C(=O)OCC(=O)Nc2ccc(OC(F)(F)F)cc2)cc1. The zero-order valence-electron chi connectivity index (χ0n) is 15.4. The van der Waals surface area contributed by atoms with Crippen LogP contribution in [-0.4, -0.2) is 31.5 Å². The van der Waals surface area contributed by atoms with E-state index in [9.17, 15) is 22.8 Å². The molecule has 0 saturated carbocycles. The van der Waals surface area contributed by atoms with Crippen molar-refractivity contribution in [2.45, 2.75) is 13.3 Å². The van der Waals surface area contributed by atoms with Crippen LogP contribution in [0.15, 0.2) is 54.6 Å². The van der Waals surface area contributed by atoms with Crippen molar-refractivity contribution in [3.8, 4) is 11.5 Å². The molecule has 0 bridgehead atoms. The zero-order chi connectivity index (χ0) is 21.3. The molecule has 0 heterocycles. The van der Waals surface area contributed by atoms with Crippen molar-refractivity contribution < 1.29 is 37.0 Å². The van der Waals surface area contributed by atoms with E-state index in [1.807, 2.05) is 6.92 Å². The minimum atomic E-state index is -4.79. The van der Waals surface area contributed by atoms with Gasteiger partial charge in [0, 0.05) is 11.8 Å². The van der Waals surface area contributed by atoms with Crippen LogP contribution in [-0.2, 0) is 14.3 Å². The van der Waals surface area contributed by atoms with Gasteiger partial charge in [-0.05, 0) is 55.0 Å². The van der Waals surface area contributed by atoms with Crippen LogP contribution in [0.3, 0.4) is 0 Å². The Hall–Kier alpha value is -3.49. The van der Waals surface area contributed by atoms with Crippen LogP contribution >= 0.6 is 0 Å². The van der Waals surface area contributed by atoms with Crippen LogP contribution in [0.5, 0.6) is 11.5 Å². The maximum absolute atomic E-state index is 12.1. The van der Waals surface area contributed by atoms with Crippen molar-refractivity contribution in [3.05, 3.63) is 60.2 Å². The minimum Gasteiger partial charge on any atom is -0.494 e. The lowest BCUT2D eigenvalue weighted by Crippen LogP contribution is -2.20. The van der Waals surface area contributed by atoms with Crippen LogP contribution in [0.2, 0.25) is 0 Å². The molecule has 0 aliphatic carbocycles. The average Bonchev–Trinajstić information content (AvgIpc) is 2.66. The number of carbonyl (C=O) groups is 2. The average molecular weight is 409 g/mol. The van der Waals surface area contributed by atoms with Gasteiger partial charge in [-0.1, -0.05) is 12.1 Å². The third-order valence-electron chi connectivity index (χ3n) is 3.32. The molecule has 1 N–H and O–H groups in total. The largest absolute Gasteiger partial charge is 0.573 e. The van der Waals surface area contributed by atoms with E-state index in [2.05, 4.69) is 10.1 Å². The number of nitrogens with one attached hydrogen (secondary N) is 1. The molecular weight excluding hydrogens is 391 g/mol. The number of anilines is 1. The standard InChI is InChI=1S/C20H18F3NO5/c1-2-27-16-8-3-14(4-9-16)5-12-19(26)28-13-18(25)24-15-6-10-17(11-7-15)29-20(21,22)23/h3-12H,2,13H2,1H3,(H,24,25)/b12-5+. The molecule has 0 saturated heterocycles. The number of esters is 1. The van der Waals surface area contributed by atoms with Gasteiger partial charge in [-0.2, -0.15) is 0 Å². The third kappa shape index (κ3) is 8.37. The summed E-state index contributed by atoms with van der Waals surface area (Å²) in [4.78, 5) is 23.4. The number of carbonyl (C=O) groups excluding carboxylic acids is 2. The van der Waals surface area contributed by atoms with Gasteiger partial charge in [0.25, 0.3) is 5.91 Å². The molecule has 0 radical (unpaired) electrons. The molecule has 2 aromatic rings. The Bertz CT molecular complexity index is 846. The highest BCUT2D eigenvalue weighted by atomic mass is 19.4. The second-order valence-corrected chi connectivity index (χ2v) is 5.56. The first kappa shape index (κ1) is 21.8. The van der Waals surface area contributed by atoms with Crippen molar-refractivity contribution in [3.63, 3.8) is 0 Å². The van der Waals surface area contributed by atoms with Crippen LogP contribution < -0.4 is 14.8 Å². The topological polar surface area (TPSA) is 73.9 Å². The molecule has 0 fully saturated rings. The fourth-order valence-electron chi connectivity index (χ4n) is 2.13. The van der Waals surface area contributed by atoms with Crippen LogP contribution in [0.25, 0.3) is 6.08 Å². The molecular formula is C20H18F3NO5. The molecule has 2 rings (SSSR count). The minimum absolute atomic E-state index is 0.227. The lowest BCUT2D eigenvalue weighted by Gasteiger charge is -2.10. The Morgan fingerprint density at radius 3 is 2.21 bits per heavy atom. The van der Waals surface area contributed by atoms with Gasteiger partial charge < -0.3 is 19.5 Å². The highest BCUT2D eigenvalue weighted by Crippen LogP contribution is 2.23. The van der Waals surface area contributed by atoms with Crippen LogP contribution in [0.4, 0.5) is 18.9 Å². The van der Waals surface area contributed by atoms with Crippen LogP contribution in [0, 0.1) is 0 Å². The Kier molecular flexibility index (Phi) is 7.64. The van der Waals surface area contributed by atoms with Gasteiger partial charge in [0.05, 0.1) is 6.61 Å². The number of hydrogen-bond donors (Lipinski definition) is 1. The number of halogens is 3. The Morgan fingerprint density at radius 2 is 1.62 bits per heavy atom. The number of amides is 1. The number of alkyl halides is 3. The first-order chi connectivity index (χ1) is 13.7. The molecule has 29 heavy (non-hydrogen) atoms. The van der Waals surface area contributed by atoms with Crippen molar-refractivity contribution in [1.82, 2.24) is 0 Å². The molecule has 0 unspecified atom stereocenters. The maximum Gasteiger partial charge on any atom is 0.573 e. The smallest absolute Gasteiger partial charge is 0.494 e. The summed E-state index contributed by atoms with van der Waals surface area (Å²) < 4.78 is 50.1. The van der Waals surface area contributed by atoms with Crippen molar-refractivity contribution in [2.24, 2.45) is 0 Å². The van der Waals surface area contributed by atoms with Gasteiger partial charge in [0.1, 0.15) is 11.5 Å². The summed E-state index contributed by atoms with van der Waals surface area (Å²) in [6.07, 6.45) is -2.10. The fraction of sp³-hybridized carbons (Fsp3) is 0.200. The summed E-state index contributed by atoms with van der Waals surface area (Å²) in [7, 11) is 0. The molecule has 0 atom stereocenters. The molecule has 6 nitrogen and oxygen atoms in total. The van der Waals surface area contributed by atoms with Crippen molar-refractivity contribution in [2.75, 3.05) is 18.5 Å². The summed E-state index contributed by atoms with van der Waals surface area (Å²) in [5.41, 5.74) is 0.974. The van der Waals surface area contributed by atoms with E-state index in [1.54, 1.807) is 24.3 Å². The van der Waals surface area contributed by atoms with E-state index < -0.39 is 30.6 Å². The normalized spacial score (nSPS) is 11.2. The Morgan fingerprint density at radius 1 is 1.00 bits per heavy atom. The predicted molar refractivity (Wildman–Crippen MR) is 99.4 cm³/mol. The van der Waals surface area contributed by atoms with Gasteiger partial charge in [0.2, 0.25) is 0 Å². The number of rotatable bonds is 8. The summed E-state index contributed by atoms with van der Waals surface area (Å²) in [5.74, 6) is -1.07. The van der Waals surface area contributed by atoms with Crippen LogP contribution in [0.1, 0.15) is 12.5 Å². The van der Waals surface area contributed by atoms with Crippen molar-refractivity contribution in [1.29, 1.82) is 0 Å². The molecule has 2 aromatic carbocycles. The molecule has 0 aliphatic heterocycles. The highest BCUT2D eigenvalue weighted by Gasteiger charge is 2.30. The summed E-state index contributed by atoms with van der Waals surface area (Å²) in [6, 6.07) is 11.6. The summed E-state index contributed by atoms with van der Waals surface area (Å²) >= 11 is 0. The second-order valence-electron chi connectivity index (χ2n) is 5.56. The lowest BCUT2D eigenvalue weighted by atomic mass is 10.2. The van der Waals surface area contributed by atoms with E-state index in [0.29, 0.717) is 12.4 Å². The molecule has 0 aliphatic rings. The maximum atomic E-state index is 12.1. The van der Waals surface area contributed by atoms with E-state index in [0.717, 1.165) is 17.7 Å². The fourth-order valence-corrected chi connectivity index (χ4v) is 2.13. The monoisotopic (exact) mass is 409 g/mol. The van der Waals surface area contributed by atoms with Gasteiger partial charge in [-0.25, -0.2) is 4.79 Å². The lowest BCUT2D eigenvalue weighted by molar-refractivity contribution is -0.274. The first-order valence-electron chi connectivity index (χ1n) is 8.48. The van der Waals surface area contributed by atoms with E-state index in [-0.39, 0.29) is 5.69 Å². The van der Waals surface area contributed by atoms with E-state index in [1.165, 1.54) is 24.3 Å². The number of benzene rings is 2. The molecule has 1 amide bonds. The predicted octanol–water partition coefficient (Wildman–Crippen LogP) is 4.18.